The lowest BCUT2D eigenvalue weighted by Crippen LogP contribution is -2.33. The van der Waals surface area contributed by atoms with E-state index in [-0.39, 0.29) is 12.3 Å². The van der Waals surface area contributed by atoms with Crippen LogP contribution < -0.4 is 4.72 Å². The molecule has 0 spiro atoms. The molecule has 0 saturated carbocycles. The van der Waals surface area contributed by atoms with E-state index in [2.05, 4.69) is 4.74 Å². The van der Waals surface area contributed by atoms with Gasteiger partial charge in [0.2, 0.25) is 10.0 Å². The number of hydrogen-bond donors (Lipinski definition) is 1. The van der Waals surface area contributed by atoms with Gasteiger partial charge in [-0.05, 0) is 6.92 Å². The Morgan fingerprint density at radius 1 is 1.38 bits per heavy atom. The smallest absolute Gasteiger partial charge is 0.322 e. The van der Waals surface area contributed by atoms with Crippen molar-refractivity contribution >= 4 is 21.8 Å². The average molecular weight is 209 g/mol. The molecule has 0 aliphatic heterocycles. The number of Topliss-reactive ketones (excluding diaryl/α,β-unsaturated/α-hetero) is 1. The molecular formula is C6H11NO5S. The van der Waals surface area contributed by atoms with E-state index in [1.54, 1.807) is 0 Å². The van der Waals surface area contributed by atoms with Gasteiger partial charge in [0, 0.05) is 0 Å². The molecule has 1 N–H and O–H groups in total. The van der Waals surface area contributed by atoms with Gasteiger partial charge in [0.25, 0.3) is 0 Å². The van der Waals surface area contributed by atoms with E-state index in [9.17, 15) is 18.0 Å². The molecule has 0 aliphatic carbocycles. The van der Waals surface area contributed by atoms with E-state index in [0.29, 0.717) is 0 Å². The van der Waals surface area contributed by atoms with Crippen LogP contribution in [0.5, 0.6) is 0 Å². The van der Waals surface area contributed by atoms with Crippen molar-refractivity contribution in [2.24, 2.45) is 0 Å². The van der Waals surface area contributed by atoms with Gasteiger partial charge in [0.1, 0.15) is 5.78 Å². The van der Waals surface area contributed by atoms with Gasteiger partial charge in [-0.25, -0.2) is 13.1 Å². The Labute approximate surface area is 76.3 Å². The Balaban J connectivity index is 4.10. The van der Waals surface area contributed by atoms with Crippen molar-refractivity contribution in [1.29, 1.82) is 0 Å². The first-order valence-electron chi connectivity index (χ1n) is 3.41. The Bertz CT molecular complexity index is 294. The van der Waals surface area contributed by atoms with Crippen LogP contribution in [0.4, 0.5) is 0 Å². The van der Waals surface area contributed by atoms with Crippen molar-refractivity contribution < 1.29 is 22.7 Å². The van der Waals surface area contributed by atoms with E-state index in [0.717, 1.165) is 7.11 Å². The molecule has 0 aromatic carbocycles. The number of carbonyl (C=O) groups is 2. The van der Waals surface area contributed by atoms with Gasteiger partial charge in [-0.15, -0.1) is 0 Å². The van der Waals surface area contributed by atoms with Crippen LogP contribution in [0, 0.1) is 0 Å². The van der Waals surface area contributed by atoms with E-state index < -0.39 is 21.7 Å². The molecule has 0 fully saturated rings. The minimum absolute atomic E-state index is 0.306. The summed E-state index contributed by atoms with van der Waals surface area (Å²) in [6, 6.07) is 0. The summed E-state index contributed by atoms with van der Waals surface area (Å²) in [4.78, 5) is 20.9. The molecule has 0 saturated heterocycles. The summed E-state index contributed by atoms with van der Waals surface area (Å²) in [5, 5.41) is 0. The standard InChI is InChI=1S/C6H11NO5S/c1-5(8)3-7-13(10,11)4-6(9)12-2/h7H,3-4H2,1-2H3. The zero-order valence-corrected chi connectivity index (χ0v) is 8.18. The highest BCUT2D eigenvalue weighted by molar-refractivity contribution is 7.90. The molecule has 0 rings (SSSR count). The lowest BCUT2D eigenvalue weighted by molar-refractivity contribution is -0.137. The quantitative estimate of drug-likeness (QED) is 0.566. The number of ketones is 1. The van der Waals surface area contributed by atoms with E-state index >= 15 is 0 Å². The molecule has 7 heteroatoms. The largest absolute Gasteiger partial charge is 0.468 e. The Morgan fingerprint density at radius 3 is 2.31 bits per heavy atom. The van der Waals surface area contributed by atoms with E-state index in [4.69, 9.17) is 0 Å². The number of ether oxygens (including phenoxy) is 1. The maximum Gasteiger partial charge on any atom is 0.322 e. The minimum Gasteiger partial charge on any atom is -0.468 e. The SMILES string of the molecule is COC(=O)CS(=O)(=O)NCC(C)=O. The Kier molecular flexibility index (Phi) is 4.57. The number of sulfonamides is 1. The van der Waals surface area contributed by atoms with Crippen LogP contribution in [0.25, 0.3) is 0 Å². The van der Waals surface area contributed by atoms with Crippen LogP contribution in [0.2, 0.25) is 0 Å². The first-order valence-corrected chi connectivity index (χ1v) is 5.06. The molecule has 76 valence electrons. The molecule has 0 aromatic rings. The Hall–Kier alpha value is -0.950. The minimum atomic E-state index is -3.73. The summed E-state index contributed by atoms with van der Waals surface area (Å²) in [5.41, 5.74) is 0. The normalized spacial score (nSPS) is 10.9. The second-order valence-electron chi connectivity index (χ2n) is 2.36. The van der Waals surface area contributed by atoms with Crippen molar-refractivity contribution in [3.8, 4) is 0 Å². The molecular weight excluding hydrogens is 198 g/mol. The number of methoxy groups -OCH3 is 1. The summed E-state index contributed by atoms with van der Waals surface area (Å²) < 4.78 is 28.0. The summed E-state index contributed by atoms with van der Waals surface area (Å²) in [7, 11) is -2.65. The van der Waals surface area contributed by atoms with Crippen LogP contribution in [-0.2, 0) is 24.3 Å². The molecule has 0 aromatic heterocycles. The van der Waals surface area contributed by atoms with Crippen molar-refractivity contribution in [2.45, 2.75) is 6.92 Å². The van der Waals surface area contributed by atoms with Crippen LogP contribution in [-0.4, -0.2) is 39.6 Å². The highest BCUT2D eigenvalue weighted by Crippen LogP contribution is 1.86. The topological polar surface area (TPSA) is 89.5 Å². The maximum atomic E-state index is 10.9. The molecule has 0 aliphatic rings. The van der Waals surface area contributed by atoms with Gasteiger partial charge < -0.3 is 4.74 Å². The highest BCUT2D eigenvalue weighted by Gasteiger charge is 2.16. The number of esters is 1. The van der Waals surface area contributed by atoms with E-state index in [1.165, 1.54) is 6.92 Å². The first-order chi connectivity index (χ1) is 5.87. The summed E-state index contributed by atoms with van der Waals surface area (Å²) in [6.45, 7) is 0.931. The van der Waals surface area contributed by atoms with Crippen LogP contribution in [0.15, 0.2) is 0 Å². The lowest BCUT2D eigenvalue weighted by Gasteiger charge is -2.02. The van der Waals surface area contributed by atoms with Gasteiger partial charge in [-0.3, -0.25) is 9.59 Å². The number of carbonyl (C=O) groups excluding carboxylic acids is 2. The highest BCUT2D eigenvalue weighted by atomic mass is 32.2. The van der Waals surface area contributed by atoms with Gasteiger partial charge in [-0.1, -0.05) is 0 Å². The second-order valence-corrected chi connectivity index (χ2v) is 4.17. The van der Waals surface area contributed by atoms with Crippen LogP contribution >= 0.6 is 0 Å². The maximum absolute atomic E-state index is 10.9. The molecule has 0 bridgehead atoms. The predicted octanol–water partition coefficient (Wildman–Crippen LogP) is -1.33. The van der Waals surface area contributed by atoms with Gasteiger partial charge >= 0.3 is 5.97 Å². The van der Waals surface area contributed by atoms with Crippen molar-refractivity contribution in [3.63, 3.8) is 0 Å². The number of nitrogens with one attached hydrogen (secondary N) is 1. The predicted molar refractivity (Wildman–Crippen MR) is 44.5 cm³/mol. The van der Waals surface area contributed by atoms with Gasteiger partial charge in [0.05, 0.1) is 13.7 Å². The fraction of sp³-hybridized carbons (Fsp3) is 0.667. The second kappa shape index (κ2) is 4.93. The van der Waals surface area contributed by atoms with Gasteiger partial charge in [0.15, 0.2) is 5.75 Å². The average Bonchev–Trinajstić information content (AvgIpc) is 2.00. The van der Waals surface area contributed by atoms with Crippen LogP contribution in [0.3, 0.4) is 0 Å². The lowest BCUT2D eigenvalue weighted by atomic mass is 10.5. The van der Waals surface area contributed by atoms with Crippen molar-refractivity contribution in [2.75, 3.05) is 19.4 Å². The third kappa shape index (κ3) is 6.23. The van der Waals surface area contributed by atoms with Crippen LogP contribution in [0.1, 0.15) is 6.92 Å². The third-order valence-corrected chi connectivity index (χ3v) is 2.28. The zero-order chi connectivity index (χ0) is 10.5. The van der Waals surface area contributed by atoms with Crippen molar-refractivity contribution in [1.82, 2.24) is 4.72 Å². The molecule has 0 amide bonds. The monoisotopic (exact) mass is 209 g/mol. The first kappa shape index (κ1) is 12.0. The fourth-order valence-electron chi connectivity index (χ4n) is 0.477. The molecule has 0 unspecified atom stereocenters. The fourth-order valence-corrected chi connectivity index (χ4v) is 1.43. The number of rotatable bonds is 5. The molecule has 0 heterocycles. The molecule has 0 radical (unpaired) electrons. The summed E-state index contributed by atoms with van der Waals surface area (Å²) in [5.74, 6) is -1.96. The zero-order valence-electron chi connectivity index (χ0n) is 7.36. The molecule has 0 atom stereocenters. The summed E-state index contributed by atoms with van der Waals surface area (Å²) >= 11 is 0. The summed E-state index contributed by atoms with van der Waals surface area (Å²) in [6.07, 6.45) is 0. The number of hydrogen-bond acceptors (Lipinski definition) is 5. The van der Waals surface area contributed by atoms with Crippen molar-refractivity contribution in [3.05, 3.63) is 0 Å². The Morgan fingerprint density at radius 2 is 1.92 bits per heavy atom. The molecule has 13 heavy (non-hydrogen) atoms. The van der Waals surface area contributed by atoms with E-state index in [1.807, 2.05) is 4.72 Å². The third-order valence-electron chi connectivity index (χ3n) is 1.08. The molecule has 6 nitrogen and oxygen atoms in total. The van der Waals surface area contributed by atoms with Gasteiger partial charge in [-0.2, -0.15) is 0 Å².